The molecule has 0 saturated carbocycles. The Balaban J connectivity index is 1.48. The van der Waals surface area contributed by atoms with E-state index in [0.29, 0.717) is 13.2 Å². The van der Waals surface area contributed by atoms with E-state index in [-0.39, 0.29) is 17.9 Å². The topological polar surface area (TPSA) is 18.5 Å². The molecule has 1 aliphatic heterocycles. The van der Waals surface area contributed by atoms with Gasteiger partial charge in [0.15, 0.2) is 0 Å². The van der Waals surface area contributed by atoms with Crippen LogP contribution in [0.2, 0.25) is 0 Å². The summed E-state index contributed by atoms with van der Waals surface area (Å²) in [7, 11) is -0.311. The molecule has 7 rings (SSSR count). The first kappa shape index (κ1) is 36.2. The Labute approximate surface area is 309 Å². The molecule has 2 aliphatic carbocycles. The van der Waals surface area contributed by atoms with Crippen LogP contribution in [0.1, 0.15) is 158 Å². The molecule has 0 amide bonds. The molecule has 1 saturated heterocycles. The minimum Gasteiger partial charge on any atom is -0.405 e. The van der Waals surface area contributed by atoms with Crippen LogP contribution in [0.25, 0.3) is 22.3 Å². The van der Waals surface area contributed by atoms with E-state index in [2.05, 4.69) is 121 Å². The summed E-state index contributed by atoms with van der Waals surface area (Å²) in [5.41, 5.74) is 16.5. The van der Waals surface area contributed by atoms with Crippen LogP contribution in [0.5, 0.6) is 0 Å². The van der Waals surface area contributed by atoms with Gasteiger partial charge in [-0.05, 0) is 105 Å². The van der Waals surface area contributed by atoms with E-state index < -0.39 is 5.41 Å². The van der Waals surface area contributed by atoms with E-state index in [1.54, 1.807) is 0 Å². The van der Waals surface area contributed by atoms with Crippen molar-refractivity contribution in [2.45, 2.75) is 142 Å². The summed E-state index contributed by atoms with van der Waals surface area (Å²) in [6.45, 7) is 18.0. The van der Waals surface area contributed by atoms with Crippen molar-refractivity contribution in [2.75, 3.05) is 13.2 Å². The number of fused-ring (bicyclic) bond motifs is 10. The molecule has 2 atom stereocenters. The predicted octanol–water partition coefficient (Wildman–Crippen LogP) is 12.4. The Morgan fingerprint density at radius 3 is 1.49 bits per heavy atom. The van der Waals surface area contributed by atoms with Crippen LogP contribution in [0.4, 0.5) is 0 Å². The van der Waals surface area contributed by atoms with Gasteiger partial charge in [-0.2, -0.15) is 0 Å². The zero-order valence-corrected chi connectivity index (χ0v) is 32.7. The highest BCUT2D eigenvalue weighted by Gasteiger charge is 2.53. The molecule has 4 aromatic rings. The van der Waals surface area contributed by atoms with Gasteiger partial charge in [0.25, 0.3) is 0 Å². The van der Waals surface area contributed by atoms with Crippen molar-refractivity contribution in [1.82, 2.24) is 0 Å². The molecule has 0 radical (unpaired) electrons. The summed E-state index contributed by atoms with van der Waals surface area (Å²) < 4.78 is 12.3. The third-order valence-corrected chi connectivity index (χ3v) is 13.5. The molecule has 1 heterocycles. The van der Waals surface area contributed by atoms with Gasteiger partial charge in [-0.1, -0.05) is 171 Å². The van der Waals surface area contributed by atoms with Crippen LogP contribution < -0.4 is 5.46 Å². The Morgan fingerprint density at radius 2 is 1.00 bits per heavy atom. The average molecular weight is 681 g/mol. The molecule has 4 aromatic carbocycles. The maximum atomic E-state index is 6.13. The monoisotopic (exact) mass is 680 g/mol. The lowest BCUT2D eigenvalue weighted by Gasteiger charge is -2.35. The standard InChI is InChI=1S/C48H61BO2/c1-8-12-14-16-26-46(6,10-3)35-19-23-39-40-24-20-36(47(7,11-4)27-17-15-13-9-2)32-44(40)48(43(39)31-35)42-30-34(5)18-22-38(42)41-25-21-37(33-45(41)48)49-50-28-29-51-49/h18-25,30-33H,8-17,26-29H2,1-7H3. The van der Waals surface area contributed by atoms with E-state index in [9.17, 15) is 0 Å². The second-order valence-corrected chi connectivity index (χ2v) is 16.6. The van der Waals surface area contributed by atoms with Crippen molar-refractivity contribution >= 4 is 12.6 Å². The zero-order valence-electron chi connectivity index (χ0n) is 32.7. The van der Waals surface area contributed by atoms with Crippen LogP contribution in [0, 0.1) is 6.92 Å². The molecule has 1 spiro atoms. The number of hydrogen-bond acceptors (Lipinski definition) is 2. The fourth-order valence-electron chi connectivity index (χ4n) is 9.74. The molecule has 3 heteroatoms. The SMILES string of the molecule is CCCCCCC(C)(CC)c1ccc2c(c1)C1(c3cc(C)ccc3-c3ccc(B4OCCO4)cc31)c1cc(C(C)(CC)CCCCCC)ccc1-2. The van der Waals surface area contributed by atoms with E-state index in [1.807, 2.05) is 0 Å². The lowest BCUT2D eigenvalue weighted by molar-refractivity contribution is 0.365. The van der Waals surface area contributed by atoms with Gasteiger partial charge >= 0.3 is 7.12 Å². The predicted molar refractivity (Wildman–Crippen MR) is 218 cm³/mol. The summed E-state index contributed by atoms with van der Waals surface area (Å²) in [5, 5.41) is 0. The molecule has 1 fully saturated rings. The molecular weight excluding hydrogens is 619 g/mol. The number of unbranched alkanes of at least 4 members (excludes halogenated alkanes) is 6. The summed E-state index contributed by atoms with van der Waals surface area (Å²) in [5.74, 6) is 0. The quantitative estimate of drug-likeness (QED) is 0.0794. The first-order valence-corrected chi connectivity index (χ1v) is 20.5. The average Bonchev–Trinajstić information content (AvgIpc) is 3.87. The van der Waals surface area contributed by atoms with Gasteiger partial charge in [0, 0.05) is 0 Å². The summed E-state index contributed by atoms with van der Waals surface area (Å²) >= 11 is 0. The van der Waals surface area contributed by atoms with Crippen molar-refractivity contribution in [1.29, 1.82) is 0 Å². The summed E-state index contributed by atoms with van der Waals surface area (Å²) in [4.78, 5) is 0. The van der Waals surface area contributed by atoms with E-state index in [1.165, 1.54) is 125 Å². The highest BCUT2D eigenvalue weighted by atomic mass is 16.6. The van der Waals surface area contributed by atoms with Gasteiger partial charge in [-0.3, -0.25) is 0 Å². The van der Waals surface area contributed by atoms with Gasteiger partial charge in [-0.15, -0.1) is 0 Å². The van der Waals surface area contributed by atoms with Crippen molar-refractivity contribution in [3.8, 4) is 22.3 Å². The fourth-order valence-corrected chi connectivity index (χ4v) is 9.74. The number of benzene rings is 4. The van der Waals surface area contributed by atoms with Crippen molar-refractivity contribution in [2.24, 2.45) is 0 Å². The van der Waals surface area contributed by atoms with Gasteiger partial charge in [-0.25, -0.2) is 0 Å². The maximum Gasteiger partial charge on any atom is 0.494 e. The normalized spacial score (nSPS) is 19.5. The molecule has 0 aromatic heterocycles. The van der Waals surface area contributed by atoms with Gasteiger partial charge in [0.05, 0.1) is 18.6 Å². The van der Waals surface area contributed by atoms with Crippen LogP contribution >= 0.6 is 0 Å². The Hall–Kier alpha value is -3.14. The lowest BCUT2D eigenvalue weighted by Crippen LogP contribution is -2.34. The third-order valence-electron chi connectivity index (χ3n) is 13.5. The van der Waals surface area contributed by atoms with Crippen LogP contribution in [0.15, 0.2) is 72.8 Å². The highest BCUT2D eigenvalue weighted by Crippen LogP contribution is 2.63. The molecule has 2 unspecified atom stereocenters. The summed E-state index contributed by atoms with van der Waals surface area (Å²) in [6, 6.07) is 29.5. The lowest BCUT2D eigenvalue weighted by atomic mass is 9.66. The van der Waals surface area contributed by atoms with E-state index >= 15 is 0 Å². The maximum absolute atomic E-state index is 6.13. The first-order valence-electron chi connectivity index (χ1n) is 20.5. The smallest absolute Gasteiger partial charge is 0.405 e. The van der Waals surface area contributed by atoms with Crippen molar-refractivity contribution in [3.05, 3.63) is 112 Å². The molecular formula is C48H61BO2. The van der Waals surface area contributed by atoms with Crippen LogP contribution in [-0.4, -0.2) is 20.3 Å². The van der Waals surface area contributed by atoms with Gasteiger partial charge in [0.2, 0.25) is 0 Å². The zero-order chi connectivity index (χ0) is 35.8. The van der Waals surface area contributed by atoms with Crippen molar-refractivity contribution in [3.63, 3.8) is 0 Å². The highest BCUT2D eigenvalue weighted by molar-refractivity contribution is 6.61. The van der Waals surface area contributed by atoms with Crippen LogP contribution in [0.3, 0.4) is 0 Å². The second kappa shape index (κ2) is 14.7. The molecule has 0 bridgehead atoms. The largest absolute Gasteiger partial charge is 0.494 e. The third kappa shape index (κ3) is 6.15. The Morgan fingerprint density at radius 1 is 0.549 bits per heavy atom. The number of rotatable bonds is 15. The molecule has 0 N–H and O–H groups in total. The van der Waals surface area contributed by atoms with Gasteiger partial charge < -0.3 is 9.31 Å². The van der Waals surface area contributed by atoms with Gasteiger partial charge in [0.1, 0.15) is 0 Å². The van der Waals surface area contributed by atoms with E-state index in [0.717, 1.165) is 18.3 Å². The molecule has 3 aliphatic rings. The Kier molecular flexibility index (Phi) is 10.5. The minimum atomic E-state index is -0.407. The first-order chi connectivity index (χ1) is 24.7. The van der Waals surface area contributed by atoms with Crippen molar-refractivity contribution < 1.29 is 9.31 Å². The van der Waals surface area contributed by atoms with E-state index in [4.69, 9.17) is 9.31 Å². The minimum absolute atomic E-state index is 0.132. The summed E-state index contributed by atoms with van der Waals surface area (Å²) in [6.07, 6.45) is 15.1. The second-order valence-electron chi connectivity index (χ2n) is 16.6. The Bertz CT molecular complexity index is 1790. The molecule has 268 valence electrons. The molecule has 51 heavy (non-hydrogen) atoms. The number of hydrogen-bond donors (Lipinski definition) is 0. The number of aryl methyl sites for hydroxylation is 1. The molecule has 2 nitrogen and oxygen atoms in total. The van der Waals surface area contributed by atoms with Crippen LogP contribution in [-0.2, 0) is 25.6 Å². The fraction of sp³-hybridized carbons (Fsp3) is 0.500.